The summed E-state index contributed by atoms with van der Waals surface area (Å²) in [5, 5.41) is 0.929. The third-order valence-corrected chi connectivity index (χ3v) is 5.78. The van der Waals surface area contributed by atoms with E-state index in [1.807, 2.05) is 35.2 Å². The Morgan fingerprint density at radius 2 is 1.71 bits per heavy atom. The number of aromatic nitrogens is 1. The van der Waals surface area contributed by atoms with E-state index < -0.39 is 0 Å². The van der Waals surface area contributed by atoms with Crippen molar-refractivity contribution in [1.82, 2.24) is 14.8 Å². The molecule has 4 heteroatoms. The zero-order valence-corrected chi connectivity index (χ0v) is 16.9. The maximum atomic E-state index is 13.4. The molecule has 2 aromatic carbocycles. The predicted molar refractivity (Wildman–Crippen MR) is 115 cm³/mol. The number of nitrogens with zero attached hydrogens (tertiary/aromatic N) is 3. The minimum absolute atomic E-state index is 0.115. The summed E-state index contributed by atoms with van der Waals surface area (Å²) in [7, 11) is 4.23. The molecule has 2 heterocycles. The maximum Gasteiger partial charge on any atom is 0.254 e. The number of para-hydroxylation sites is 1. The highest BCUT2D eigenvalue weighted by molar-refractivity contribution is 6.07. The lowest BCUT2D eigenvalue weighted by atomic mass is 10.00. The number of aryl methyl sites for hydroxylation is 1. The molecule has 0 spiro atoms. The minimum Gasteiger partial charge on any atom is -0.339 e. The van der Waals surface area contributed by atoms with Gasteiger partial charge in [-0.2, -0.15) is 0 Å². The molecule has 1 amide bonds. The summed E-state index contributed by atoms with van der Waals surface area (Å²) in [5.74, 6) is 0.115. The van der Waals surface area contributed by atoms with Crippen LogP contribution in [0.15, 0.2) is 54.6 Å². The first-order valence-corrected chi connectivity index (χ1v) is 9.95. The standard InChI is InChI=1S/C24H27N3O/c1-17-8-10-18(11-9-17)23-16-21(20-6-4-5-7-22(20)25-23)24(28)27-14-12-19(13-15-27)26(2)3/h4-11,16,19H,12-15H2,1-3H3. The molecule has 0 atom stereocenters. The second-order valence-electron chi connectivity index (χ2n) is 7.93. The van der Waals surface area contributed by atoms with Gasteiger partial charge in [0.15, 0.2) is 0 Å². The lowest BCUT2D eigenvalue weighted by molar-refractivity contribution is 0.0665. The number of likely N-dealkylation sites (tertiary alicyclic amines) is 1. The molecule has 1 saturated heterocycles. The zero-order chi connectivity index (χ0) is 19.7. The molecule has 1 aliphatic heterocycles. The Morgan fingerprint density at radius 3 is 2.39 bits per heavy atom. The molecule has 1 aliphatic rings. The highest BCUT2D eigenvalue weighted by Crippen LogP contribution is 2.27. The maximum absolute atomic E-state index is 13.4. The van der Waals surface area contributed by atoms with Crippen LogP contribution < -0.4 is 0 Å². The van der Waals surface area contributed by atoms with E-state index in [2.05, 4.69) is 50.2 Å². The average molecular weight is 374 g/mol. The summed E-state index contributed by atoms with van der Waals surface area (Å²) in [4.78, 5) is 22.5. The van der Waals surface area contributed by atoms with E-state index >= 15 is 0 Å². The Labute approximate surface area is 166 Å². The van der Waals surface area contributed by atoms with Crippen LogP contribution in [0.3, 0.4) is 0 Å². The minimum atomic E-state index is 0.115. The first-order valence-electron chi connectivity index (χ1n) is 9.95. The van der Waals surface area contributed by atoms with Crippen LogP contribution in [0.1, 0.15) is 28.8 Å². The van der Waals surface area contributed by atoms with Crippen molar-refractivity contribution in [1.29, 1.82) is 0 Å². The molecule has 28 heavy (non-hydrogen) atoms. The molecule has 144 valence electrons. The van der Waals surface area contributed by atoms with E-state index in [1.165, 1.54) is 5.56 Å². The molecule has 1 aromatic heterocycles. The van der Waals surface area contributed by atoms with Crippen LogP contribution in [0.2, 0.25) is 0 Å². The zero-order valence-electron chi connectivity index (χ0n) is 16.9. The van der Waals surface area contributed by atoms with Crippen LogP contribution in [0, 0.1) is 6.92 Å². The smallest absolute Gasteiger partial charge is 0.254 e. The number of pyridine rings is 1. The highest BCUT2D eigenvalue weighted by Gasteiger charge is 2.26. The number of hydrogen-bond acceptors (Lipinski definition) is 3. The van der Waals surface area contributed by atoms with Gasteiger partial charge in [0.1, 0.15) is 0 Å². The molecule has 4 nitrogen and oxygen atoms in total. The monoisotopic (exact) mass is 373 g/mol. The predicted octanol–water partition coefficient (Wildman–Crippen LogP) is 4.38. The molecule has 0 radical (unpaired) electrons. The number of fused-ring (bicyclic) bond motifs is 1. The van der Waals surface area contributed by atoms with Crippen molar-refractivity contribution in [3.63, 3.8) is 0 Å². The highest BCUT2D eigenvalue weighted by atomic mass is 16.2. The van der Waals surface area contributed by atoms with E-state index in [4.69, 9.17) is 4.98 Å². The molecule has 0 N–H and O–H groups in total. The van der Waals surface area contributed by atoms with Crippen LogP contribution in [0.25, 0.3) is 22.2 Å². The summed E-state index contributed by atoms with van der Waals surface area (Å²) in [6, 6.07) is 18.8. The summed E-state index contributed by atoms with van der Waals surface area (Å²) >= 11 is 0. The SMILES string of the molecule is Cc1ccc(-c2cc(C(=O)N3CCC(N(C)C)CC3)c3ccccc3n2)cc1. The van der Waals surface area contributed by atoms with Gasteiger partial charge in [-0.1, -0.05) is 48.0 Å². The largest absolute Gasteiger partial charge is 0.339 e. The fraction of sp³-hybridized carbons (Fsp3) is 0.333. The molecule has 0 bridgehead atoms. The Kier molecular flexibility index (Phi) is 5.14. The van der Waals surface area contributed by atoms with Crippen molar-refractivity contribution in [2.75, 3.05) is 27.2 Å². The van der Waals surface area contributed by atoms with Gasteiger partial charge in [-0.15, -0.1) is 0 Å². The first kappa shape index (κ1) is 18.6. The Morgan fingerprint density at radius 1 is 1.04 bits per heavy atom. The lowest BCUT2D eigenvalue weighted by Crippen LogP contribution is -2.44. The molecule has 0 saturated carbocycles. The summed E-state index contributed by atoms with van der Waals surface area (Å²) < 4.78 is 0. The van der Waals surface area contributed by atoms with Crippen LogP contribution in [0.5, 0.6) is 0 Å². The first-order chi connectivity index (χ1) is 13.5. The number of rotatable bonds is 3. The van der Waals surface area contributed by atoms with Crippen molar-refractivity contribution in [3.8, 4) is 11.3 Å². The Balaban J connectivity index is 1.71. The third-order valence-electron chi connectivity index (χ3n) is 5.78. The van der Waals surface area contributed by atoms with Gasteiger partial charge in [-0.3, -0.25) is 4.79 Å². The number of hydrogen-bond donors (Lipinski definition) is 0. The number of benzene rings is 2. The molecule has 3 aromatic rings. The third kappa shape index (κ3) is 3.65. The lowest BCUT2D eigenvalue weighted by Gasteiger charge is -2.35. The van der Waals surface area contributed by atoms with Gasteiger partial charge in [-0.25, -0.2) is 4.98 Å². The molecule has 4 rings (SSSR count). The van der Waals surface area contributed by atoms with Gasteiger partial charge in [0.25, 0.3) is 5.91 Å². The van der Waals surface area contributed by atoms with Gasteiger partial charge < -0.3 is 9.80 Å². The second kappa shape index (κ2) is 7.72. The van der Waals surface area contributed by atoms with Crippen LogP contribution >= 0.6 is 0 Å². The number of carbonyl (C=O) groups is 1. The van der Waals surface area contributed by atoms with E-state index in [1.54, 1.807) is 0 Å². The molecular weight excluding hydrogens is 346 g/mol. The normalized spacial score (nSPS) is 15.4. The van der Waals surface area contributed by atoms with E-state index in [0.29, 0.717) is 6.04 Å². The molecule has 0 unspecified atom stereocenters. The van der Waals surface area contributed by atoms with Crippen molar-refractivity contribution in [3.05, 3.63) is 65.7 Å². The summed E-state index contributed by atoms with van der Waals surface area (Å²) in [6.45, 7) is 3.68. The molecular formula is C24H27N3O. The van der Waals surface area contributed by atoms with Crippen molar-refractivity contribution < 1.29 is 4.79 Å². The fourth-order valence-electron chi connectivity index (χ4n) is 3.98. The fourth-order valence-corrected chi connectivity index (χ4v) is 3.98. The van der Waals surface area contributed by atoms with Crippen LogP contribution in [-0.4, -0.2) is 53.9 Å². The van der Waals surface area contributed by atoms with E-state index in [-0.39, 0.29) is 5.91 Å². The quantitative estimate of drug-likeness (QED) is 0.684. The van der Waals surface area contributed by atoms with Gasteiger partial charge >= 0.3 is 0 Å². The van der Waals surface area contributed by atoms with Crippen LogP contribution in [0.4, 0.5) is 0 Å². The average Bonchev–Trinajstić information content (AvgIpc) is 2.73. The van der Waals surface area contributed by atoms with Crippen molar-refractivity contribution in [2.45, 2.75) is 25.8 Å². The van der Waals surface area contributed by atoms with Gasteiger partial charge in [-0.05, 0) is 46.0 Å². The Hall–Kier alpha value is -2.72. The Bertz CT molecular complexity index is 986. The molecule has 1 fully saturated rings. The second-order valence-corrected chi connectivity index (χ2v) is 7.93. The number of carbonyl (C=O) groups excluding carboxylic acids is 1. The van der Waals surface area contributed by atoms with E-state index in [0.717, 1.165) is 53.7 Å². The summed E-state index contributed by atoms with van der Waals surface area (Å²) in [6.07, 6.45) is 2.04. The number of piperidine rings is 1. The number of amides is 1. The molecule has 0 aliphatic carbocycles. The van der Waals surface area contributed by atoms with Gasteiger partial charge in [0, 0.05) is 30.1 Å². The van der Waals surface area contributed by atoms with Gasteiger partial charge in [0.05, 0.1) is 16.8 Å². The van der Waals surface area contributed by atoms with E-state index in [9.17, 15) is 4.79 Å². The van der Waals surface area contributed by atoms with Crippen LogP contribution in [-0.2, 0) is 0 Å². The summed E-state index contributed by atoms with van der Waals surface area (Å²) in [5.41, 5.74) is 4.73. The van der Waals surface area contributed by atoms with Gasteiger partial charge in [0.2, 0.25) is 0 Å². The van der Waals surface area contributed by atoms with Crippen molar-refractivity contribution >= 4 is 16.8 Å². The topological polar surface area (TPSA) is 36.4 Å². The van der Waals surface area contributed by atoms with Crippen molar-refractivity contribution in [2.24, 2.45) is 0 Å².